The second-order valence-corrected chi connectivity index (χ2v) is 1.06. The van der Waals surface area contributed by atoms with E-state index in [1.807, 2.05) is 19.1 Å². The average molecular weight is 85.1 g/mol. The molecule has 0 amide bonds. The number of hydrogen-bond acceptors (Lipinski definition) is 0. The quantitative estimate of drug-likeness (QED) is 0.451. The summed E-state index contributed by atoms with van der Waals surface area (Å²) in [6, 6.07) is 0. The molecule has 0 saturated carbocycles. The van der Waals surface area contributed by atoms with Gasteiger partial charge >= 0.3 is 0 Å². The minimum atomic E-state index is 0.0182. The highest BCUT2D eigenvalue weighted by Crippen LogP contribution is 1.76. The second kappa shape index (κ2) is 4.70. The Labute approximate surface area is 38.3 Å². The van der Waals surface area contributed by atoms with E-state index in [0.29, 0.717) is 6.42 Å². The second-order valence-electron chi connectivity index (χ2n) is 1.06. The monoisotopic (exact) mass is 85.1 g/mol. The summed E-state index contributed by atoms with van der Waals surface area (Å²) >= 11 is 0. The van der Waals surface area contributed by atoms with Gasteiger partial charge in [0.15, 0.2) is 0 Å². The first-order valence-electron chi connectivity index (χ1n) is 2.11. The third-order valence-corrected chi connectivity index (χ3v) is 0.520. The molecule has 35 valence electrons. The van der Waals surface area contributed by atoms with Gasteiger partial charge in [0.25, 0.3) is 0 Å². The molecule has 0 saturated heterocycles. The lowest BCUT2D eigenvalue weighted by Crippen LogP contribution is -1.70. The van der Waals surface area contributed by atoms with E-state index in [0.717, 1.165) is 0 Å². The fourth-order valence-electron chi connectivity index (χ4n) is 0.235. The molecule has 0 unspecified atom stereocenters. The Morgan fingerprint density at radius 2 is 2.33 bits per heavy atom. The van der Waals surface area contributed by atoms with Crippen LogP contribution < -0.4 is 0 Å². The van der Waals surface area contributed by atoms with E-state index in [2.05, 4.69) is 0 Å². The van der Waals surface area contributed by atoms with Gasteiger partial charge in [0.05, 0.1) is 6.61 Å². The SMILES string of the molecule is CC=CCC[O]. The van der Waals surface area contributed by atoms with Crippen LogP contribution in [0.4, 0.5) is 0 Å². The molecule has 0 aliphatic carbocycles. The van der Waals surface area contributed by atoms with Crippen molar-refractivity contribution in [2.75, 3.05) is 6.61 Å². The van der Waals surface area contributed by atoms with E-state index < -0.39 is 0 Å². The Hall–Kier alpha value is -0.300. The maximum atomic E-state index is 9.64. The summed E-state index contributed by atoms with van der Waals surface area (Å²) in [7, 11) is 0. The van der Waals surface area contributed by atoms with E-state index in [-0.39, 0.29) is 6.61 Å². The molecule has 0 rings (SSSR count). The van der Waals surface area contributed by atoms with Crippen LogP contribution in [0, 0.1) is 0 Å². The van der Waals surface area contributed by atoms with Crippen LogP contribution in [0.3, 0.4) is 0 Å². The molecule has 0 atom stereocenters. The molecule has 1 nitrogen and oxygen atoms in total. The normalized spacial score (nSPS) is 10.3. The molecule has 0 aliphatic rings. The molecule has 0 N–H and O–H groups in total. The maximum Gasteiger partial charge on any atom is 0.0856 e. The van der Waals surface area contributed by atoms with Crippen molar-refractivity contribution in [2.24, 2.45) is 0 Å². The molecule has 0 bridgehead atoms. The predicted molar refractivity (Wildman–Crippen MR) is 25.0 cm³/mol. The molecular weight excluding hydrogens is 76.1 g/mol. The van der Waals surface area contributed by atoms with Crippen LogP contribution in [-0.2, 0) is 5.11 Å². The minimum absolute atomic E-state index is 0.0182. The molecular formula is C5H9O. The average Bonchev–Trinajstić information content (AvgIpc) is 1.61. The highest BCUT2D eigenvalue weighted by Gasteiger charge is 1.68. The van der Waals surface area contributed by atoms with Crippen LogP contribution in [0.25, 0.3) is 0 Å². The number of hydrogen-bond donors (Lipinski definition) is 0. The third-order valence-electron chi connectivity index (χ3n) is 0.520. The van der Waals surface area contributed by atoms with Gasteiger partial charge in [-0.2, -0.15) is 0 Å². The van der Waals surface area contributed by atoms with Gasteiger partial charge in [-0.1, -0.05) is 12.2 Å². The Balaban J connectivity index is 2.66. The topological polar surface area (TPSA) is 19.9 Å². The summed E-state index contributed by atoms with van der Waals surface area (Å²) in [5.41, 5.74) is 0. The summed E-state index contributed by atoms with van der Waals surface area (Å²) in [4.78, 5) is 0. The Morgan fingerprint density at radius 1 is 1.67 bits per heavy atom. The van der Waals surface area contributed by atoms with Gasteiger partial charge < -0.3 is 0 Å². The van der Waals surface area contributed by atoms with Crippen molar-refractivity contribution in [3.63, 3.8) is 0 Å². The van der Waals surface area contributed by atoms with E-state index >= 15 is 0 Å². The molecule has 0 heterocycles. The highest BCUT2D eigenvalue weighted by atomic mass is 16.2. The molecule has 0 fully saturated rings. The van der Waals surface area contributed by atoms with Crippen LogP contribution in [0.2, 0.25) is 0 Å². The largest absolute Gasteiger partial charge is 0.236 e. The van der Waals surface area contributed by atoms with Crippen LogP contribution in [0.15, 0.2) is 12.2 Å². The van der Waals surface area contributed by atoms with E-state index in [9.17, 15) is 5.11 Å². The Kier molecular flexibility index (Phi) is 4.46. The van der Waals surface area contributed by atoms with Crippen LogP contribution >= 0.6 is 0 Å². The summed E-state index contributed by atoms with van der Waals surface area (Å²) in [6.07, 6.45) is 4.43. The summed E-state index contributed by atoms with van der Waals surface area (Å²) in [5.74, 6) is 0. The van der Waals surface area contributed by atoms with Gasteiger partial charge in [-0.25, -0.2) is 5.11 Å². The standard InChI is InChI=1S/C5H9O/c1-2-3-4-5-6/h2-3H,4-5H2,1H3. The van der Waals surface area contributed by atoms with Gasteiger partial charge in [0.2, 0.25) is 0 Å². The van der Waals surface area contributed by atoms with Crippen LogP contribution in [0.1, 0.15) is 13.3 Å². The molecule has 0 aromatic carbocycles. The van der Waals surface area contributed by atoms with Crippen molar-refractivity contribution in [3.8, 4) is 0 Å². The molecule has 0 aromatic heterocycles. The summed E-state index contributed by atoms with van der Waals surface area (Å²) in [6.45, 7) is 1.93. The van der Waals surface area contributed by atoms with Crippen LogP contribution in [0.5, 0.6) is 0 Å². The van der Waals surface area contributed by atoms with Gasteiger partial charge in [0.1, 0.15) is 0 Å². The molecule has 1 heteroatoms. The molecule has 1 radical (unpaired) electrons. The fraction of sp³-hybridized carbons (Fsp3) is 0.600. The first-order valence-corrected chi connectivity index (χ1v) is 2.11. The maximum absolute atomic E-state index is 9.64. The minimum Gasteiger partial charge on any atom is -0.236 e. The van der Waals surface area contributed by atoms with Crippen LogP contribution in [-0.4, -0.2) is 6.61 Å². The molecule has 0 spiro atoms. The molecule has 0 aromatic rings. The zero-order chi connectivity index (χ0) is 4.83. The van der Waals surface area contributed by atoms with Crippen molar-refractivity contribution in [3.05, 3.63) is 12.2 Å². The van der Waals surface area contributed by atoms with Crippen molar-refractivity contribution in [1.82, 2.24) is 0 Å². The first kappa shape index (κ1) is 5.70. The first-order chi connectivity index (χ1) is 2.91. The predicted octanol–water partition coefficient (Wildman–Crippen LogP) is 1.38. The zero-order valence-electron chi connectivity index (χ0n) is 3.98. The lowest BCUT2D eigenvalue weighted by atomic mass is 10.4. The van der Waals surface area contributed by atoms with E-state index in [1.54, 1.807) is 0 Å². The van der Waals surface area contributed by atoms with Gasteiger partial charge in [0, 0.05) is 0 Å². The molecule has 6 heavy (non-hydrogen) atoms. The van der Waals surface area contributed by atoms with E-state index in [4.69, 9.17) is 0 Å². The third kappa shape index (κ3) is 3.70. The number of rotatable bonds is 2. The Morgan fingerprint density at radius 3 is 2.50 bits per heavy atom. The lowest BCUT2D eigenvalue weighted by molar-refractivity contribution is 0.199. The van der Waals surface area contributed by atoms with E-state index in [1.165, 1.54) is 0 Å². The summed E-state index contributed by atoms with van der Waals surface area (Å²) in [5, 5.41) is 9.64. The van der Waals surface area contributed by atoms with Crippen molar-refractivity contribution in [2.45, 2.75) is 13.3 Å². The van der Waals surface area contributed by atoms with Crippen molar-refractivity contribution >= 4 is 0 Å². The number of allylic oxidation sites excluding steroid dienone is 1. The zero-order valence-corrected chi connectivity index (χ0v) is 3.98. The Bertz CT molecular complexity index is 39.2. The smallest absolute Gasteiger partial charge is 0.0856 e. The fourth-order valence-corrected chi connectivity index (χ4v) is 0.235. The highest BCUT2D eigenvalue weighted by molar-refractivity contribution is 4.75. The van der Waals surface area contributed by atoms with Gasteiger partial charge in [-0.3, -0.25) is 0 Å². The van der Waals surface area contributed by atoms with Crippen molar-refractivity contribution < 1.29 is 5.11 Å². The van der Waals surface area contributed by atoms with Crippen molar-refractivity contribution in [1.29, 1.82) is 0 Å². The van der Waals surface area contributed by atoms with Gasteiger partial charge in [-0.05, 0) is 13.3 Å². The molecule has 0 aliphatic heterocycles. The lowest BCUT2D eigenvalue weighted by Gasteiger charge is -1.73. The van der Waals surface area contributed by atoms with Gasteiger partial charge in [-0.15, -0.1) is 0 Å². The summed E-state index contributed by atoms with van der Waals surface area (Å²) < 4.78 is 0.